The first-order valence-corrected chi connectivity index (χ1v) is 8.72. The summed E-state index contributed by atoms with van der Waals surface area (Å²) in [6, 6.07) is 9.70. The predicted octanol–water partition coefficient (Wildman–Crippen LogP) is 1.42. The summed E-state index contributed by atoms with van der Waals surface area (Å²) < 4.78 is 0. The van der Waals surface area contributed by atoms with E-state index in [1.807, 2.05) is 30.3 Å². The van der Waals surface area contributed by atoms with Crippen molar-refractivity contribution in [2.45, 2.75) is 25.3 Å². The average Bonchev–Trinajstić information content (AvgIpc) is 3.41. The molecule has 0 unspecified atom stereocenters. The SMILES string of the molecule is O=C(C[C@H]1C(=O)NCCN1C/C=C/c1ccccc1)NCC1CC1. The minimum atomic E-state index is -0.377. The van der Waals surface area contributed by atoms with E-state index < -0.39 is 0 Å². The fraction of sp³-hybridized carbons (Fsp3) is 0.474. The molecule has 1 saturated heterocycles. The van der Waals surface area contributed by atoms with Crippen LogP contribution in [0.1, 0.15) is 24.8 Å². The molecule has 1 aromatic rings. The Morgan fingerprint density at radius 3 is 2.83 bits per heavy atom. The van der Waals surface area contributed by atoms with Crippen LogP contribution >= 0.6 is 0 Å². The highest BCUT2D eigenvalue weighted by Crippen LogP contribution is 2.27. The van der Waals surface area contributed by atoms with E-state index in [0.29, 0.717) is 19.0 Å². The molecule has 128 valence electrons. The highest BCUT2D eigenvalue weighted by atomic mass is 16.2. The van der Waals surface area contributed by atoms with Crippen LogP contribution < -0.4 is 10.6 Å². The van der Waals surface area contributed by atoms with E-state index in [0.717, 1.165) is 18.7 Å². The van der Waals surface area contributed by atoms with Crippen LogP contribution in [0.2, 0.25) is 0 Å². The zero-order valence-electron chi connectivity index (χ0n) is 13.9. The molecular weight excluding hydrogens is 302 g/mol. The van der Waals surface area contributed by atoms with E-state index in [-0.39, 0.29) is 24.3 Å². The minimum absolute atomic E-state index is 0.0269. The van der Waals surface area contributed by atoms with Crippen molar-refractivity contribution in [1.82, 2.24) is 15.5 Å². The van der Waals surface area contributed by atoms with Crippen LogP contribution in [0.15, 0.2) is 36.4 Å². The van der Waals surface area contributed by atoms with Gasteiger partial charge in [0.05, 0.1) is 12.5 Å². The Hall–Kier alpha value is -2.14. The summed E-state index contributed by atoms with van der Waals surface area (Å²) in [6.45, 7) is 2.83. The maximum atomic E-state index is 12.2. The monoisotopic (exact) mass is 327 g/mol. The van der Waals surface area contributed by atoms with Crippen molar-refractivity contribution in [3.05, 3.63) is 42.0 Å². The second-order valence-corrected chi connectivity index (χ2v) is 6.57. The molecule has 1 aromatic carbocycles. The molecule has 24 heavy (non-hydrogen) atoms. The van der Waals surface area contributed by atoms with Crippen LogP contribution in [-0.2, 0) is 9.59 Å². The first-order chi connectivity index (χ1) is 11.7. The zero-order chi connectivity index (χ0) is 16.8. The minimum Gasteiger partial charge on any atom is -0.356 e. The standard InChI is InChI=1S/C19H25N3O2/c23-18(21-14-16-8-9-16)13-17-19(24)20-10-12-22(17)11-4-7-15-5-2-1-3-6-15/h1-7,16-17H,8-14H2,(H,20,24)(H,21,23)/b7-4+/t17-/m0/s1. The fourth-order valence-electron chi connectivity index (χ4n) is 2.92. The van der Waals surface area contributed by atoms with Crippen LogP contribution in [-0.4, -0.2) is 48.9 Å². The molecule has 1 heterocycles. The highest BCUT2D eigenvalue weighted by molar-refractivity contribution is 5.88. The van der Waals surface area contributed by atoms with Gasteiger partial charge in [-0.2, -0.15) is 0 Å². The number of benzene rings is 1. The van der Waals surface area contributed by atoms with Crippen molar-refractivity contribution < 1.29 is 9.59 Å². The maximum absolute atomic E-state index is 12.2. The maximum Gasteiger partial charge on any atom is 0.237 e. The molecular formula is C19H25N3O2. The molecule has 1 aliphatic heterocycles. The molecule has 1 aliphatic carbocycles. The number of nitrogens with one attached hydrogen (secondary N) is 2. The topological polar surface area (TPSA) is 61.4 Å². The summed E-state index contributed by atoms with van der Waals surface area (Å²) in [6.07, 6.45) is 6.76. The second kappa shape index (κ2) is 8.11. The summed E-state index contributed by atoms with van der Waals surface area (Å²) in [5, 5.41) is 5.82. The fourth-order valence-corrected chi connectivity index (χ4v) is 2.92. The molecule has 5 nitrogen and oxygen atoms in total. The number of carbonyl (C=O) groups excluding carboxylic acids is 2. The van der Waals surface area contributed by atoms with Gasteiger partial charge >= 0.3 is 0 Å². The number of hydrogen-bond acceptors (Lipinski definition) is 3. The lowest BCUT2D eigenvalue weighted by Gasteiger charge is -2.33. The van der Waals surface area contributed by atoms with E-state index in [4.69, 9.17) is 0 Å². The van der Waals surface area contributed by atoms with Gasteiger partial charge in [0.25, 0.3) is 0 Å². The van der Waals surface area contributed by atoms with Gasteiger partial charge in [0.2, 0.25) is 11.8 Å². The molecule has 0 bridgehead atoms. The zero-order valence-corrected chi connectivity index (χ0v) is 13.9. The lowest BCUT2D eigenvalue weighted by Crippen LogP contribution is -2.56. The van der Waals surface area contributed by atoms with Crippen molar-refractivity contribution in [3.8, 4) is 0 Å². The Labute approximate surface area is 143 Å². The molecule has 2 amide bonds. The Morgan fingerprint density at radius 2 is 2.08 bits per heavy atom. The van der Waals surface area contributed by atoms with Crippen molar-refractivity contribution in [1.29, 1.82) is 0 Å². The van der Waals surface area contributed by atoms with Gasteiger partial charge < -0.3 is 10.6 Å². The quantitative estimate of drug-likeness (QED) is 0.796. The molecule has 0 aromatic heterocycles. The van der Waals surface area contributed by atoms with Gasteiger partial charge in [-0.05, 0) is 24.3 Å². The Bertz CT molecular complexity index is 596. The number of nitrogens with zero attached hydrogens (tertiary/aromatic N) is 1. The molecule has 2 aliphatic rings. The van der Waals surface area contributed by atoms with Crippen LogP contribution in [0.4, 0.5) is 0 Å². The van der Waals surface area contributed by atoms with Crippen LogP contribution in [0.3, 0.4) is 0 Å². The molecule has 0 spiro atoms. The lowest BCUT2D eigenvalue weighted by atomic mass is 10.1. The third-order valence-corrected chi connectivity index (χ3v) is 4.56. The molecule has 2 fully saturated rings. The summed E-state index contributed by atoms with van der Waals surface area (Å²) in [7, 11) is 0. The first kappa shape index (κ1) is 16.7. The Morgan fingerprint density at radius 1 is 1.29 bits per heavy atom. The van der Waals surface area contributed by atoms with Crippen LogP contribution in [0.5, 0.6) is 0 Å². The predicted molar refractivity (Wildman–Crippen MR) is 94.2 cm³/mol. The van der Waals surface area contributed by atoms with Crippen molar-refractivity contribution >= 4 is 17.9 Å². The van der Waals surface area contributed by atoms with Crippen LogP contribution in [0.25, 0.3) is 6.08 Å². The number of amides is 2. The van der Waals surface area contributed by atoms with Crippen molar-refractivity contribution in [2.75, 3.05) is 26.2 Å². The molecule has 0 radical (unpaired) electrons. The Kier molecular flexibility index (Phi) is 5.64. The summed E-state index contributed by atoms with van der Waals surface area (Å²) in [5.41, 5.74) is 1.14. The summed E-state index contributed by atoms with van der Waals surface area (Å²) >= 11 is 0. The number of piperazine rings is 1. The highest BCUT2D eigenvalue weighted by Gasteiger charge is 2.31. The summed E-state index contributed by atoms with van der Waals surface area (Å²) in [5.74, 6) is 0.580. The third kappa shape index (κ3) is 4.93. The van der Waals surface area contributed by atoms with Gasteiger partial charge in [0.15, 0.2) is 0 Å². The van der Waals surface area contributed by atoms with Gasteiger partial charge in [-0.25, -0.2) is 0 Å². The van der Waals surface area contributed by atoms with E-state index >= 15 is 0 Å². The van der Waals surface area contributed by atoms with Crippen molar-refractivity contribution in [2.24, 2.45) is 5.92 Å². The van der Waals surface area contributed by atoms with Crippen LogP contribution in [0, 0.1) is 5.92 Å². The third-order valence-electron chi connectivity index (χ3n) is 4.56. The summed E-state index contributed by atoms with van der Waals surface area (Å²) in [4.78, 5) is 26.3. The molecule has 1 atom stereocenters. The average molecular weight is 327 g/mol. The first-order valence-electron chi connectivity index (χ1n) is 8.72. The van der Waals surface area contributed by atoms with E-state index in [1.54, 1.807) is 0 Å². The molecule has 2 N–H and O–H groups in total. The lowest BCUT2D eigenvalue weighted by molar-refractivity contribution is -0.133. The molecule has 1 saturated carbocycles. The van der Waals surface area contributed by atoms with Gasteiger partial charge in [-0.15, -0.1) is 0 Å². The van der Waals surface area contributed by atoms with Gasteiger partial charge in [0, 0.05) is 26.2 Å². The van der Waals surface area contributed by atoms with E-state index in [2.05, 4.69) is 27.7 Å². The number of rotatable bonds is 7. The van der Waals surface area contributed by atoms with E-state index in [9.17, 15) is 9.59 Å². The van der Waals surface area contributed by atoms with E-state index in [1.165, 1.54) is 12.8 Å². The molecule has 5 heteroatoms. The van der Waals surface area contributed by atoms with Gasteiger partial charge in [-0.1, -0.05) is 42.5 Å². The van der Waals surface area contributed by atoms with Gasteiger partial charge in [0.1, 0.15) is 0 Å². The van der Waals surface area contributed by atoms with Gasteiger partial charge in [-0.3, -0.25) is 14.5 Å². The second-order valence-electron chi connectivity index (χ2n) is 6.57. The normalized spacial score (nSPS) is 21.7. The smallest absolute Gasteiger partial charge is 0.237 e. The number of carbonyl (C=O) groups is 2. The number of hydrogen-bond donors (Lipinski definition) is 2. The largest absolute Gasteiger partial charge is 0.356 e. The molecule has 3 rings (SSSR count). The Balaban J connectivity index is 1.53. The van der Waals surface area contributed by atoms with Crippen molar-refractivity contribution in [3.63, 3.8) is 0 Å².